The predicted octanol–water partition coefficient (Wildman–Crippen LogP) is 1.91. The number of carbonyl (C=O) groups excluding carboxylic acids is 2. The number of carbonyl (C=O) groups is 2. The van der Waals surface area contributed by atoms with Crippen LogP contribution in [-0.2, 0) is 4.79 Å². The van der Waals surface area contributed by atoms with Gasteiger partial charge in [0.15, 0.2) is 11.6 Å². The second-order valence-electron chi connectivity index (χ2n) is 4.53. The summed E-state index contributed by atoms with van der Waals surface area (Å²) in [5.74, 6) is -1.60. The van der Waals surface area contributed by atoms with E-state index in [4.69, 9.17) is 0 Å². The Bertz CT molecular complexity index is 790. The molecule has 9 heteroatoms. The van der Waals surface area contributed by atoms with E-state index in [2.05, 4.69) is 15.6 Å². The van der Waals surface area contributed by atoms with Crippen molar-refractivity contribution < 1.29 is 19.6 Å². The number of aromatic hydroxyl groups is 1. The molecule has 0 saturated carbocycles. The molecule has 0 unspecified atom stereocenters. The van der Waals surface area contributed by atoms with Gasteiger partial charge in [0, 0.05) is 18.2 Å². The molecule has 2 amide bonds. The van der Waals surface area contributed by atoms with E-state index in [-0.39, 0.29) is 17.3 Å². The molecule has 0 fully saturated rings. The van der Waals surface area contributed by atoms with Gasteiger partial charge < -0.3 is 15.7 Å². The summed E-state index contributed by atoms with van der Waals surface area (Å²) in [5.41, 5.74) is 0.259. The standard InChI is InChI=1S/C14H12N4O5/c1-8(19)16-10-4-2-3-9(5-10)14(21)17-13-12(20)6-11(7-15-13)18(22)23/h2-7,20H,1H3,(H,16,19)(H,15,17,21). The van der Waals surface area contributed by atoms with E-state index < -0.39 is 22.3 Å². The smallest absolute Gasteiger partial charge is 0.291 e. The Hall–Kier alpha value is -3.49. The average molecular weight is 316 g/mol. The van der Waals surface area contributed by atoms with Crippen molar-refractivity contribution >= 4 is 29.0 Å². The normalized spacial score (nSPS) is 9.96. The van der Waals surface area contributed by atoms with E-state index in [9.17, 15) is 24.8 Å². The van der Waals surface area contributed by atoms with E-state index in [0.717, 1.165) is 12.3 Å². The van der Waals surface area contributed by atoms with Crippen molar-refractivity contribution in [2.45, 2.75) is 6.92 Å². The minimum Gasteiger partial charge on any atom is -0.504 e. The Morgan fingerprint density at radius 2 is 2.00 bits per heavy atom. The van der Waals surface area contributed by atoms with Crippen LogP contribution in [0.2, 0.25) is 0 Å². The van der Waals surface area contributed by atoms with E-state index in [1.807, 2.05) is 0 Å². The van der Waals surface area contributed by atoms with Crippen molar-refractivity contribution in [3.8, 4) is 5.75 Å². The van der Waals surface area contributed by atoms with E-state index in [1.165, 1.54) is 19.1 Å². The lowest BCUT2D eigenvalue weighted by atomic mass is 10.2. The van der Waals surface area contributed by atoms with Crippen molar-refractivity contribution in [3.05, 3.63) is 52.2 Å². The third kappa shape index (κ3) is 4.00. The molecule has 23 heavy (non-hydrogen) atoms. The summed E-state index contributed by atoms with van der Waals surface area (Å²) >= 11 is 0. The Morgan fingerprint density at radius 1 is 1.26 bits per heavy atom. The van der Waals surface area contributed by atoms with Crippen molar-refractivity contribution in [2.75, 3.05) is 10.6 Å². The number of nitro groups is 1. The quantitative estimate of drug-likeness (QED) is 0.582. The molecule has 0 aliphatic heterocycles. The largest absolute Gasteiger partial charge is 0.504 e. The highest BCUT2D eigenvalue weighted by Gasteiger charge is 2.15. The fourth-order valence-corrected chi connectivity index (χ4v) is 1.76. The number of nitrogens with zero attached hydrogens (tertiary/aromatic N) is 2. The number of hydrogen-bond acceptors (Lipinski definition) is 6. The Balaban J connectivity index is 2.19. The van der Waals surface area contributed by atoms with Crippen LogP contribution < -0.4 is 10.6 Å². The number of benzene rings is 1. The van der Waals surface area contributed by atoms with Gasteiger partial charge in [-0.15, -0.1) is 0 Å². The van der Waals surface area contributed by atoms with Gasteiger partial charge in [-0.3, -0.25) is 19.7 Å². The number of anilines is 2. The van der Waals surface area contributed by atoms with Crippen LogP contribution in [0, 0.1) is 10.1 Å². The van der Waals surface area contributed by atoms with E-state index in [1.54, 1.807) is 12.1 Å². The fourth-order valence-electron chi connectivity index (χ4n) is 1.76. The fraction of sp³-hybridized carbons (Fsp3) is 0.0714. The zero-order valence-electron chi connectivity index (χ0n) is 11.9. The van der Waals surface area contributed by atoms with Crippen LogP contribution in [0.5, 0.6) is 5.75 Å². The van der Waals surface area contributed by atoms with Gasteiger partial charge in [-0.05, 0) is 18.2 Å². The van der Waals surface area contributed by atoms with Crippen LogP contribution in [0.3, 0.4) is 0 Å². The SMILES string of the molecule is CC(=O)Nc1cccc(C(=O)Nc2ncc([N+](=O)[O-])cc2O)c1. The minimum atomic E-state index is -0.713. The second kappa shape index (κ2) is 6.52. The molecule has 9 nitrogen and oxygen atoms in total. The van der Waals surface area contributed by atoms with Crippen molar-refractivity contribution in [3.63, 3.8) is 0 Å². The summed E-state index contributed by atoms with van der Waals surface area (Å²) in [5, 5.41) is 25.1. The van der Waals surface area contributed by atoms with Crippen LogP contribution in [0.1, 0.15) is 17.3 Å². The van der Waals surface area contributed by atoms with Crippen molar-refractivity contribution in [1.82, 2.24) is 4.98 Å². The van der Waals surface area contributed by atoms with E-state index >= 15 is 0 Å². The third-order valence-electron chi connectivity index (χ3n) is 2.74. The molecule has 0 aliphatic rings. The number of pyridine rings is 1. The first-order chi connectivity index (χ1) is 10.9. The monoisotopic (exact) mass is 316 g/mol. The molecule has 118 valence electrons. The molecule has 2 aromatic rings. The zero-order chi connectivity index (χ0) is 17.0. The number of aromatic nitrogens is 1. The van der Waals surface area contributed by atoms with Gasteiger partial charge in [0.05, 0.1) is 11.0 Å². The Labute approximate surface area is 130 Å². The molecule has 0 bridgehead atoms. The molecule has 0 aliphatic carbocycles. The van der Waals surface area contributed by atoms with Gasteiger partial charge in [0.1, 0.15) is 6.20 Å². The van der Waals surface area contributed by atoms with Gasteiger partial charge in [-0.2, -0.15) is 0 Å². The average Bonchev–Trinajstić information content (AvgIpc) is 2.48. The predicted molar refractivity (Wildman–Crippen MR) is 81.3 cm³/mol. The molecule has 2 rings (SSSR count). The summed E-state index contributed by atoms with van der Waals surface area (Å²) in [7, 11) is 0. The molecule has 1 aromatic carbocycles. The molecule has 3 N–H and O–H groups in total. The highest BCUT2D eigenvalue weighted by Crippen LogP contribution is 2.25. The topological polar surface area (TPSA) is 134 Å². The highest BCUT2D eigenvalue weighted by atomic mass is 16.6. The van der Waals surface area contributed by atoms with Gasteiger partial charge in [0.2, 0.25) is 5.91 Å². The maximum atomic E-state index is 12.1. The van der Waals surface area contributed by atoms with Gasteiger partial charge >= 0.3 is 0 Å². The Morgan fingerprint density at radius 3 is 2.61 bits per heavy atom. The second-order valence-corrected chi connectivity index (χ2v) is 4.53. The van der Waals surface area contributed by atoms with Gasteiger partial charge in [-0.1, -0.05) is 6.07 Å². The molecule has 1 heterocycles. The number of amides is 2. The molecule has 0 spiro atoms. The van der Waals surface area contributed by atoms with Crippen LogP contribution in [0.15, 0.2) is 36.5 Å². The zero-order valence-corrected chi connectivity index (χ0v) is 11.9. The first kappa shape index (κ1) is 15.9. The van der Waals surface area contributed by atoms with Crippen LogP contribution in [0.25, 0.3) is 0 Å². The third-order valence-corrected chi connectivity index (χ3v) is 2.74. The minimum absolute atomic E-state index is 0.203. The number of nitrogens with one attached hydrogen (secondary N) is 2. The maximum absolute atomic E-state index is 12.1. The number of hydrogen-bond donors (Lipinski definition) is 3. The summed E-state index contributed by atoms with van der Waals surface area (Å²) in [6, 6.07) is 7.02. The summed E-state index contributed by atoms with van der Waals surface area (Å²) in [6.07, 6.45) is 0.920. The summed E-state index contributed by atoms with van der Waals surface area (Å²) in [6.45, 7) is 1.34. The first-order valence-corrected chi connectivity index (χ1v) is 6.39. The van der Waals surface area contributed by atoms with Crippen molar-refractivity contribution in [2.24, 2.45) is 0 Å². The Kier molecular flexibility index (Phi) is 4.50. The number of rotatable bonds is 4. The molecule has 0 atom stereocenters. The van der Waals surface area contributed by atoms with Gasteiger partial charge in [-0.25, -0.2) is 4.98 Å². The summed E-state index contributed by atoms with van der Waals surface area (Å²) in [4.78, 5) is 36.6. The first-order valence-electron chi connectivity index (χ1n) is 6.39. The highest BCUT2D eigenvalue weighted by molar-refractivity contribution is 6.05. The summed E-state index contributed by atoms with van der Waals surface area (Å²) < 4.78 is 0. The van der Waals surface area contributed by atoms with Crippen molar-refractivity contribution in [1.29, 1.82) is 0 Å². The van der Waals surface area contributed by atoms with E-state index in [0.29, 0.717) is 5.69 Å². The van der Waals surface area contributed by atoms with Crippen LogP contribution >= 0.6 is 0 Å². The van der Waals surface area contributed by atoms with Crippen LogP contribution in [-0.4, -0.2) is 26.8 Å². The maximum Gasteiger partial charge on any atom is 0.291 e. The lowest BCUT2D eigenvalue weighted by Gasteiger charge is -2.08. The lowest BCUT2D eigenvalue weighted by Crippen LogP contribution is -2.14. The molecular formula is C14H12N4O5. The molecule has 1 aromatic heterocycles. The van der Waals surface area contributed by atoms with Gasteiger partial charge in [0.25, 0.3) is 11.6 Å². The van der Waals surface area contributed by atoms with Crippen LogP contribution in [0.4, 0.5) is 17.2 Å². The lowest BCUT2D eigenvalue weighted by molar-refractivity contribution is -0.385. The molecular weight excluding hydrogens is 304 g/mol. The molecule has 0 radical (unpaired) electrons. The molecule has 0 saturated heterocycles.